The highest BCUT2D eigenvalue weighted by Crippen LogP contribution is 2.25. The van der Waals surface area contributed by atoms with Crippen LogP contribution in [0.5, 0.6) is 0 Å². The molecule has 5 heteroatoms. The number of para-hydroxylation sites is 1. The SMILES string of the molecule is NCCc1nnc2ccc3cccc(Cl)c3n12. The van der Waals surface area contributed by atoms with Gasteiger partial charge >= 0.3 is 0 Å². The van der Waals surface area contributed by atoms with Gasteiger partial charge in [0, 0.05) is 11.8 Å². The number of nitrogens with zero attached hydrogens (tertiary/aromatic N) is 3. The monoisotopic (exact) mass is 246 g/mol. The summed E-state index contributed by atoms with van der Waals surface area (Å²) >= 11 is 6.26. The zero-order valence-corrected chi connectivity index (χ0v) is 9.85. The molecule has 0 aliphatic carbocycles. The summed E-state index contributed by atoms with van der Waals surface area (Å²) in [6.45, 7) is 0.543. The number of hydrogen-bond acceptors (Lipinski definition) is 3. The van der Waals surface area contributed by atoms with Crippen molar-refractivity contribution in [2.75, 3.05) is 6.54 Å². The van der Waals surface area contributed by atoms with Gasteiger partial charge in [-0.15, -0.1) is 10.2 Å². The molecule has 86 valence electrons. The Morgan fingerprint density at radius 2 is 2.06 bits per heavy atom. The van der Waals surface area contributed by atoms with E-state index < -0.39 is 0 Å². The van der Waals surface area contributed by atoms with Crippen LogP contribution >= 0.6 is 11.6 Å². The zero-order chi connectivity index (χ0) is 11.8. The van der Waals surface area contributed by atoms with Crippen LogP contribution in [0.1, 0.15) is 5.82 Å². The van der Waals surface area contributed by atoms with Crippen LogP contribution in [0.4, 0.5) is 0 Å². The Balaban J connectivity index is 2.47. The Bertz CT molecular complexity index is 689. The number of nitrogens with two attached hydrogens (primary N) is 1. The van der Waals surface area contributed by atoms with Crippen molar-refractivity contribution in [3.63, 3.8) is 0 Å². The van der Waals surface area contributed by atoms with Gasteiger partial charge in [0.1, 0.15) is 5.82 Å². The summed E-state index contributed by atoms with van der Waals surface area (Å²) in [6.07, 6.45) is 0.686. The van der Waals surface area contributed by atoms with E-state index in [4.69, 9.17) is 17.3 Å². The first kappa shape index (κ1) is 10.5. The Labute approximate surface area is 103 Å². The Morgan fingerprint density at radius 3 is 2.88 bits per heavy atom. The standard InChI is InChI=1S/C12H11ClN4/c13-9-3-1-2-8-4-5-10-15-16-11(6-7-14)17(10)12(8)9/h1-5H,6-7,14H2. The van der Waals surface area contributed by atoms with E-state index in [1.165, 1.54) is 0 Å². The van der Waals surface area contributed by atoms with Crippen molar-refractivity contribution in [2.45, 2.75) is 6.42 Å². The molecular weight excluding hydrogens is 236 g/mol. The lowest BCUT2D eigenvalue weighted by atomic mass is 10.2. The van der Waals surface area contributed by atoms with E-state index in [-0.39, 0.29) is 0 Å². The summed E-state index contributed by atoms with van der Waals surface area (Å²) in [4.78, 5) is 0. The van der Waals surface area contributed by atoms with Crippen molar-refractivity contribution in [3.05, 3.63) is 41.2 Å². The minimum atomic E-state index is 0.543. The lowest BCUT2D eigenvalue weighted by molar-refractivity contribution is 0.857. The molecule has 2 aromatic heterocycles. The quantitative estimate of drug-likeness (QED) is 0.753. The molecular formula is C12H11ClN4. The summed E-state index contributed by atoms with van der Waals surface area (Å²) in [5.74, 6) is 0.848. The number of pyridine rings is 1. The molecule has 0 spiro atoms. The third-order valence-corrected chi connectivity index (χ3v) is 3.08. The molecule has 0 atom stereocenters. The van der Waals surface area contributed by atoms with Crippen LogP contribution in [-0.2, 0) is 6.42 Å². The number of hydrogen-bond donors (Lipinski definition) is 1. The fourth-order valence-electron chi connectivity index (χ4n) is 2.04. The van der Waals surface area contributed by atoms with Gasteiger partial charge in [-0.1, -0.05) is 23.7 Å². The first-order valence-corrected chi connectivity index (χ1v) is 5.80. The van der Waals surface area contributed by atoms with E-state index in [2.05, 4.69) is 10.2 Å². The van der Waals surface area contributed by atoms with Gasteiger partial charge in [-0.25, -0.2) is 0 Å². The van der Waals surface area contributed by atoms with Crippen molar-refractivity contribution in [1.29, 1.82) is 0 Å². The Hall–Kier alpha value is -1.65. The molecule has 0 fully saturated rings. The number of rotatable bonds is 2. The lowest BCUT2D eigenvalue weighted by Gasteiger charge is -2.05. The van der Waals surface area contributed by atoms with Crippen LogP contribution in [0.15, 0.2) is 30.3 Å². The van der Waals surface area contributed by atoms with E-state index in [0.717, 1.165) is 22.4 Å². The fourth-order valence-corrected chi connectivity index (χ4v) is 2.31. The summed E-state index contributed by atoms with van der Waals surface area (Å²) in [6, 6.07) is 9.76. The molecule has 2 N–H and O–H groups in total. The van der Waals surface area contributed by atoms with Crippen molar-refractivity contribution < 1.29 is 0 Å². The van der Waals surface area contributed by atoms with Crippen LogP contribution in [-0.4, -0.2) is 21.1 Å². The average molecular weight is 247 g/mol. The molecule has 1 aromatic carbocycles. The Kier molecular flexibility index (Phi) is 2.46. The highest BCUT2D eigenvalue weighted by molar-refractivity contribution is 6.35. The van der Waals surface area contributed by atoms with Gasteiger partial charge in [-0.3, -0.25) is 4.40 Å². The van der Waals surface area contributed by atoms with Crippen molar-refractivity contribution in [1.82, 2.24) is 14.6 Å². The fraction of sp³-hybridized carbons (Fsp3) is 0.167. The number of benzene rings is 1. The van der Waals surface area contributed by atoms with E-state index >= 15 is 0 Å². The maximum atomic E-state index is 6.26. The average Bonchev–Trinajstić information content (AvgIpc) is 2.73. The molecule has 17 heavy (non-hydrogen) atoms. The first-order chi connectivity index (χ1) is 8.31. The molecule has 2 heterocycles. The van der Waals surface area contributed by atoms with E-state index in [9.17, 15) is 0 Å². The summed E-state index contributed by atoms with van der Waals surface area (Å²) in [5, 5.41) is 10.1. The predicted molar refractivity (Wildman–Crippen MR) is 68.3 cm³/mol. The molecule has 0 unspecified atom stereocenters. The molecule has 3 aromatic rings. The van der Waals surface area contributed by atoms with E-state index in [1.54, 1.807) is 0 Å². The predicted octanol–water partition coefficient (Wildman–Crippen LogP) is 2.04. The van der Waals surface area contributed by atoms with E-state index in [1.807, 2.05) is 34.7 Å². The normalized spacial score (nSPS) is 11.4. The van der Waals surface area contributed by atoms with Crippen LogP contribution in [0.2, 0.25) is 5.02 Å². The molecule has 0 saturated heterocycles. The minimum absolute atomic E-state index is 0.543. The first-order valence-electron chi connectivity index (χ1n) is 5.42. The molecule has 0 aliphatic heterocycles. The summed E-state index contributed by atoms with van der Waals surface area (Å²) in [5.41, 5.74) is 7.32. The molecule has 0 amide bonds. The second kappa shape index (κ2) is 3.98. The van der Waals surface area contributed by atoms with Gasteiger partial charge in [-0.2, -0.15) is 0 Å². The second-order valence-corrected chi connectivity index (χ2v) is 4.27. The van der Waals surface area contributed by atoms with Crippen LogP contribution in [0, 0.1) is 0 Å². The second-order valence-electron chi connectivity index (χ2n) is 3.86. The van der Waals surface area contributed by atoms with Gasteiger partial charge in [0.2, 0.25) is 0 Å². The Morgan fingerprint density at radius 1 is 1.18 bits per heavy atom. The van der Waals surface area contributed by atoms with E-state index in [0.29, 0.717) is 18.0 Å². The minimum Gasteiger partial charge on any atom is -0.330 e. The van der Waals surface area contributed by atoms with Crippen LogP contribution in [0.3, 0.4) is 0 Å². The molecule has 3 rings (SSSR count). The van der Waals surface area contributed by atoms with Gasteiger partial charge in [0.05, 0.1) is 10.5 Å². The molecule has 0 bridgehead atoms. The molecule has 0 aliphatic rings. The number of fused-ring (bicyclic) bond motifs is 3. The summed E-state index contributed by atoms with van der Waals surface area (Å²) < 4.78 is 1.98. The molecule has 0 saturated carbocycles. The van der Waals surface area contributed by atoms with Gasteiger partial charge in [-0.05, 0) is 24.7 Å². The van der Waals surface area contributed by atoms with Crippen LogP contribution < -0.4 is 5.73 Å². The lowest BCUT2D eigenvalue weighted by Crippen LogP contribution is -2.06. The third-order valence-electron chi connectivity index (χ3n) is 2.78. The third kappa shape index (κ3) is 1.57. The van der Waals surface area contributed by atoms with Gasteiger partial charge in [0.25, 0.3) is 0 Å². The van der Waals surface area contributed by atoms with Crippen LogP contribution in [0.25, 0.3) is 16.6 Å². The molecule has 4 nitrogen and oxygen atoms in total. The molecule has 0 radical (unpaired) electrons. The largest absolute Gasteiger partial charge is 0.330 e. The maximum absolute atomic E-state index is 6.26. The van der Waals surface area contributed by atoms with Crippen molar-refractivity contribution in [3.8, 4) is 0 Å². The smallest absolute Gasteiger partial charge is 0.161 e. The maximum Gasteiger partial charge on any atom is 0.161 e. The number of aromatic nitrogens is 3. The highest BCUT2D eigenvalue weighted by atomic mass is 35.5. The van der Waals surface area contributed by atoms with Gasteiger partial charge in [0.15, 0.2) is 5.65 Å². The zero-order valence-electron chi connectivity index (χ0n) is 9.10. The van der Waals surface area contributed by atoms with Crippen molar-refractivity contribution >= 4 is 28.2 Å². The van der Waals surface area contributed by atoms with Gasteiger partial charge < -0.3 is 5.73 Å². The highest BCUT2D eigenvalue weighted by Gasteiger charge is 2.10. The topological polar surface area (TPSA) is 56.2 Å². The van der Waals surface area contributed by atoms with Crippen molar-refractivity contribution in [2.24, 2.45) is 5.73 Å². The number of halogens is 1. The summed E-state index contributed by atoms with van der Waals surface area (Å²) in [7, 11) is 0.